The van der Waals surface area contributed by atoms with Crippen LogP contribution >= 0.6 is 12.4 Å². The molecule has 2 heterocycles. The Labute approximate surface area is 138 Å². The number of nitrogens with zero attached hydrogens (tertiary/aromatic N) is 1. The molecule has 0 spiro atoms. The summed E-state index contributed by atoms with van der Waals surface area (Å²) >= 11 is 0. The predicted octanol–water partition coefficient (Wildman–Crippen LogP) is 2.02. The van der Waals surface area contributed by atoms with Crippen molar-refractivity contribution in [3.63, 3.8) is 0 Å². The van der Waals surface area contributed by atoms with Crippen LogP contribution in [-0.4, -0.2) is 49.2 Å². The number of halogens is 1. The van der Waals surface area contributed by atoms with E-state index in [0.29, 0.717) is 19.1 Å². The molecular weight excluding hydrogens is 300 g/mol. The Balaban J connectivity index is 0.00000176. The zero-order valence-corrected chi connectivity index (χ0v) is 13.7. The summed E-state index contributed by atoms with van der Waals surface area (Å²) in [6.07, 6.45) is 3.76. The van der Waals surface area contributed by atoms with Crippen molar-refractivity contribution in [2.24, 2.45) is 0 Å². The van der Waals surface area contributed by atoms with Gasteiger partial charge in [0, 0.05) is 25.7 Å². The van der Waals surface area contributed by atoms with Gasteiger partial charge in [-0.1, -0.05) is 30.3 Å². The number of carbonyl (C=O) groups is 1. The van der Waals surface area contributed by atoms with Crippen LogP contribution in [0.25, 0.3) is 0 Å². The van der Waals surface area contributed by atoms with Crippen LogP contribution in [0.3, 0.4) is 0 Å². The van der Waals surface area contributed by atoms with E-state index in [9.17, 15) is 4.79 Å². The number of hydrogen-bond donors (Lipinski definition) is 1. The number of carbonyl (C=O) groups excluding carboxylic acids is 1. The van der Waals surface area contributed by atoms with Gasteiger partial charge in [-0.25, -0.2) is 0 Å². The Hall–Kier alpha value is -1.10. The van der Waals surface area contributed by atoms with E-state index in [1.54, 1.807) is 0 Å². The molecule has 1 N–H and O–H groups in total. The lowest BCUT2D eigenvalue weighted by atomic mass is 10.0. The van der Waals surface area contributed by atoms with Crippen LogP contribution in [-0.2, 0) is 16.0 Å². The van der Waals surface area contributed by atoms with Crippen LogP contribution in [0.4, 0.5) is 0 Å². The lowest BCUT2D eigenvalue weighted by molar-refractivity contribution is -0.135. The van der Waals surface area contributed by atoms with Gasteiger partial charge in [0.05, 0.1) is 19.1 Å². The largest absolute Gasteiger partial charge is 0.375 e. The number of benzene rings is 1. The van der Waals surface area contributed by atoms with E-state index >= 15 is 0 Å². The summed E-state index contributed by atoms with van der Waals surface area (Å²) in [5, 5.41) is 3.29. The fourth-order valence-electron chi connectivity index (χ4n) is 3.33. The molecule has 122 valence electrons. The number of morpholine rings is 1. The number of ether oxygens (including phenoxy) is 1. The molecule has 4 nitrogen and oxygen atoms in total. The third-order valence-corrected chi connectivity index (χ3v) is 4.42. The molecule has 0 aromatic heterocycles. The van der Waals surface area contributed by atoms with Crippen molar-refractivity contribution in [1.82, 2.24) is 10.2 Å². The minimum atomic E-state index is 0. The fraction of sp³-hybridized carbons (Fsp3) is 0.588. The Morgan fingerprint density at radius 1 is 1.32 bits per heavy atom. The Bertz CT molecular complexity index is 463. The van der Waals surface area contributed by atoms with E-state index < -0.39 is 0 Å². The van der Waals surface area contributed by atoms with Gasteiger partial charge in [-0.05, 0) is 24.8 Å². The fourth-order valence-corrected chi connectivity index (χ4v) is 3.33. The second-order valence-corrected chi connectivity index (χ2v) is 5.97. The van der Waals surface area contributed by atoms with Crippen molar-refractivity contribution < 1.29 is 9.53 Å². The number of nitrogens with one attached hydrogen (secondary N) is 1. The van der Waals surface area contributed by atoms with Crippen LogP contribution in [0.5, 0.6) is 0 Å². The van der Waals surface area contributed by atoms with Gasteiger partial charge >= 0.3 is 0 Å². The standard InChI is InChI=1S/C17H24N2O2.ClH/c20-17(12-16-13-18-8-10-21-16)19-9-4-7-15(19)11-14-5-2-1-3-6-14;/h1-3,5-6,15-16,18H,4,7-13H2;1H. The van der Waals surface area contributed by atoms with Gasteiger partial charge in [-0.15, -0.1) is 12.4 Å². The molecule has 0 aliphatic carbocycles. The first-order valence-corrected chi connectivity index (χ1v) is 7.98. The topological polar surface area (TPSA) is 41.6 Å². The lowest BCUT2D eigenvalue weighted by Gasteiger charge is -2.29. The van der Waals surface area contributed by atoms with Crippen LogP contribution in [0.2, 0.25) is 0 Å². The van der Waals surface area contributed by atoms with Crippen molar-refractivity contribution in [1.29, 1.82) is 0 Å². The van der Waals surface area contributed by atoms with Gasteiger partial charge in [0.1, 0.15) is 0 Å². The Kier molecular flexibility index (Phi) is 6.68. The van der Waals surface area contributed by atoms with E-state index in [0.717, 1.165) is 38.9 Å². The van der Waals surface area contributed by atoms with Gasteiger partial charge in [0.15, 0.2) is 0 Å². The highest BCUT2D eigenvalue weighted by Gasteiger charge is 2.30. The molecule has 5 heteroatoms. The maximum absolute atomic E-state index is 12.5. The highest BCUT2D eigenvalue weighted by atomic mass is 35.5. The molecule has 2 aliphatic rings. The number of amides is 1. The van der Waals surface area contributed by atoms with E-state index in [1.807, 2.05) is 6.07 Å². The molecule has 2 aliphatic heterocycles. The minimum Gasteiger partial charge on any atom is -0.375 e. The Morgan fingerprint density at radius 2 is 2.14 bits per heavy atom. The minimum absolute atomic E-state index is 0. The summed E-state index contributed by atoms with van der Waals surface area (Å²) in [6.45, 7) is 3.30. The number of hydrogen-bond acceptors (Lipinski definition) is 3. The molecule has 1 aromatic rings. The smallest absolute Gasteiger partial charge is 0.225 e. The highest BCUT2D eigenvalue weighted by Crippen LogP contribution is 2.22. The monoisotopic (exact) mass is 324 g/mol. The number of rotatable bonds is 4. The Morgan fingerprint density at radius 3 is 2.86 bits per heavy atom. The van der Waals surface area contributed by atoms with Gasteiger partial charge in [-0.2, -0.15) is 0 Å². The molecule has 1 aromatic carbocycles. The third kappa shape index (κ3) is 4.45. The summed E-state index contributed by atoms with van der Waals surface area (Å²) in [7, 11) is 0. The lowest BCUT2D eigenvalue weighted by Crippen LogP contribution is -2.44. The molecule has 0 radical (unpaired) electrons. The summed E-state index contributed by atoms with van der Waals surface area (Å²) in [4.78, 5) is 14.6. The zero-order chi connectivity index (χ0) is 14.5. The van der Waals surface area contributed by atoms with Crippen molar-refractivity contribution in [2.45, 2.75) is 37.8 Å². The zero-order valence-electron chi connectivity index (χ0n) is 12.9. The first-order chi connectivity index (χ1) is 10.3. The van der Waals surface area contributed by atoms with E-state index in [1.165, 1.54) is 5.56 Å². The average Bonchev–Trinajstić information content (AvgIpc) is 2.97. The molecule has 2 unspecified atom stereocenters. The summed E-state index contributed by atoms with van der Waals surface area (Å²) < 4.78 is 5.65. The molecular formula is C17H25ClN2O2. The van der Waals surface area contributed by atoms with Crippen molar-refractivity contribution in [2.75, 3.05) is 26.2 Å². The second-order valence-electron chi connectivity index (χ2n) is 5.97. The molecule has 1 amide bonds. The molecule has 0 saturated carbocycles. The molecule has 2 saturated heterocycles. The molecule has 2 atom stereocenters. The SMILES string of the molecule is Cl.O=C(CC1CNCCO1)N1CCCC1Cc1ccccc1. The van der Waals surface area contributed by atoms with Crippen molar-refractivity contribution in [3.05, 3.63) is 35.9 Å². The van der Waals surface area contributed by atoms with Crippen molar-refractivity contribution in [3.8, 4) is 0 Å². The number of likely N-dealkylation sites (tertiary alicyclic amines) is 1. The van der Waals surface area contributed by atoms with Crippen LogP contribution in [0, 0.1) is 0 Å². The van der Waals surface area contributed by atoms with Gasteiger partial charge in [0.25, 0.3) is 0 Å². The van der Waals surface area contributed by atoms with Crippen LogP contribution in [0.1, 0.15) is 24.8 Å². The first kappa shape index (κ1) is 17.3. The maximum atomic E-state index is 12.5. The second kappa shape index (κ2) is 8.51. The normalized spacial score (nSPS) is 24.8. The molecule has 0 bridgehead atoms. The van der Waals surface area contributed by atoms with Gasteiger partial charge < -0.3 is 15.0 Å². The predicted molar refractivity (Wildman–Crippen MR) is 89.4 cm³/mol. The van der Waals surface area contributed by atoms with Gasteiger partial charge in [-0.3, -0.25) is 4.79 Å². The summed E-state index contributed by atoms with van der Waals surface area (Å²) in [6, 6.07) is 10.8. The van der Waals surface area contributed by atoms with Gasteiger partial charge in [0.2, 0.25) is 5.91 Å². The van der Waals surface area contributed by atoms with E-state index in [4.69, 9.17) is 4.74 Å². The average molecular weight is 325 g/mol. The quantitative estimate of drug-likeness (QED) is 0.921. The van der Waals surface area contributed by atoms with E-state index in [2.05, 4.69) is 34.5 Å². The maximum Gasteiger partial charge on any atom is 0.225 e. The summed E-state index contributed by atoms with van der Waals surface area (Å²) in [5.74, 6) is 0.252. The van der Waals surface area contributed by atoms with Crippen molar-refractivity contribution >= 4 is 18.3 Å². The summed E-state index contributed by atoms with van der Waals surface area (Å²) in [5.41, 5.74) is 1.32. The molecule has 2 fully saturated rings. The van der Waals surface area contributed by atoms with Crippen LogP contribution in [0.15, 0.2) is 30.3 Å². The van der Waals surface area contributed by atoms with Crippen LogP contribution < -0.4 is 5.32 Å². The molecule has 22 heavy (non-hydrogen) atoms. The third-order valence-electron chi connectivity index (χ3n) is 4.42. The molecule has 3 rings (SSSR count). The first-order valence-electron chi connectivity index (χ1n) is 7.98. The highest BCUT2D eigenvalue weighted by molar-refractivity contribution is 5.85. The van der Waals surface area contributed by atoms with E-state index in [-0.39, 0.29) is 24.4 Å².